The van der Waals surface area contributed by atoms with E-state index in [1.54, 1.807) is 24.3 Å². The molecule has 0 fully saturated rings. The van der Waals surface area contributed by atoms with Gasteiger partial charge in [-0.25, -0.2) is 4.79 Å². The fourth-order valence-electron chi connectivity index (χ4n) is 3.61. The molecule has 0 saturated heterocycles. The first-order valence-corrected chi connectivity index (χ1v) is 11.6. The van der Waals surface area contributed by atoms with Crippen molar-refractivity contribution in [2.45, 2.75) is 31.8 Å². The van der Waals surface area contributed by atoms with Gasteiger partial charge in [0.25, 0.3) is 5.91 Å². The summed E-state index contributed by atoms with van der Waals surface area (Å²) in [4.78, 5) is 34.8. The van der Waals surface area contributed by atoms with Gasteiger partial charge in [-0.2, -0.15) is 0 Å². The van der Waals surface area contributed by atoms with E-state index in [0.717, 1.165) is 22.3 Å². The minimum atomic E-state index is -1.13. The normalized spacial score (nSPS) is 11.6. The molecule has 0 aliphatic heterocycles. The van der Waals surface area contributed by atoms with Gasteiger partial charge in [0.05, 0.1) is 10.6 Å². The van der Waals surface area contributed by atoms with Gasteiger partial charge in [-0.1, -0.05) is 66.2 Å². The lowest BCUT2D eigenvalue weighted by Gasteiger charge is -2.15. The van der Waals surface area contributed by atoms with Crippen LogP contribution in [-0.2, 0) is 22.6 Å². The molecule has 8 heteroatoms. The van der Waals surface area contributed by atoms with Crippen molar-refractivity contribution in [2.75, 3.05) is 6.54 Å². The minimum Gasteiger partial charge on any atom is -0.481 e. The Morgan fingerprint density at radius 3 is 2.29 bits per heavy atom. The van der Waals surface area contributed by atoms with Crippen LogP contribution >= 0.6 is 11.6 Å². The summed E-state index contributed by atoms with van der Waals surface area (Å²) >= 11 is 6.05. The molecule has 4 N–H and O–H groups in total. The molecule has 0 saturated carbocycles. The minimum absolute atomic E-state index is 0.131. The molecular weight excluding hydrogens is 468 g/mol. The zero-order valence-corrected chi connectivity index (χ0v) is 19.8. The maximum Gasteiger partial charge on any atom is 0.326 e. The maximum absolute atomic E-state index is 12.5. The highest BCUT2D eigenvalue weighted by atomic mass is 35.5. The predicted octanol–water partition coefficient (Wildman–Crippen LogP) is 4.39. The second-order valence-electron chi connectivity index (χ2n) is 8.12. The van der Waals surface area contributed by atoms with Crippen molar-refractivity contribution in [1.82, 2.24) is 10.6 Å². The van der Waals surface area contributed by atoms with Crippen molar-refractivity contribution < 1.29 is 24.6 Å². The smallest absolute Gasteiger partial charge is 0.326 e. The van der Waals surface area contributed by atoms with Crippen LogP contribution in [0.3, 0.4) is 0 Å². The quantitative estimate of drug-likeness (QED) is 0.278. The number of benzene rings is 3. The molecule has 0 spiro atoms. The molecule has 0 aliphatic carbocycles. The number of halogens is 1. The van der Waals surface area contributed by atoms with Crippen molar-refractivity contribution in [3.63, 3.8) is 0 Å². The monoisotopic (exact) mass is 494 g/mol. The second-order valence-corrected chi connectivity index (χ2v) is 8.53. The molecule has 0 aliphatic rings. The van der Waals surface area contributed by atoms with Gasteiger partial charge >= 0.3 is 11.9 Å². The van der Waals surface area contributed by atoms with Crippen LogP contribution in [0.5, 0.6) is 0 Å². The number of nitrogens with one attached hydrogen (secondary N) is 2. The van der Waals surface area contributed by atoms with E-state index in [9.17, 15) is 19.5 Å². The second kappa shape index (κ2) is 12.7. The van der Waals surface area contributed by atoms with Crippen molar-refractivity contribution in [1.29, 1.82) is 0 Å². The van der Waals surface area contributed by atoms with Crippen LogP contribution in [0, 0.1) is 0 Å². The number of rotatable bonds is 12. The lowest BCUT2D eigenvalue weighted by atomic mass is 9.99. The molecule has 3 rings (SSSR count). The Balaban J connectivity index is 1.61. The van der Waals surface area contributed by atoms with Gasteiger partial charge in [-0.15, -0.1) is 0 Å². The molecule has 0 bridgehead atoms. The lowest BCUT2D eigenvalue weighted by Crippen LogP contribution is -2.42. The molecule has 0 aromatic heterocycles. The lowest BCUT2D eigenvalue weighted by molar-refractivity contribution is -0.139. The highest BCUT2D eigenvalue weighted by molar-refractivity contribution is 6.33. The number of carboxylic acid groups (broad SMARTS) is 2. The number of carbonyl (C=O) groups excluding carboxylic acids is 1. The Bertz CT molecular complexity index is 1180. The molecule has 35 heavy (non-hydrogen) atoms. The number of amides is 1. The highest BCUT2D eigenvalue weighted by Gasteiger charge is 2.22. The third-order valence-corrected chi connectivity index (χ3v) is 5.78. The fraction of sp³-hybridized carbons (Fsp3) is 0.222. The molecule has 1 amide bonds. The summed E-state index contributed by atoms with van der Waals surface area (Å²) in [6.07, 6.45) is 0.852. The fourth-order valence-corrected chi connectivity index (χ4v) is 3.83. The van der Waals surface area contributed by atoms with Gasteiger partial charge in [-0.05, 0) is 53.4 Å². The standard InChI is InChI=1S/C27H27ClN2O5/c28-23-8-2-1-7-22(23)26(33)30-24(27(34)35)16-18-10-12-20(13-11-18)21-6-3-5-19(15-21)17-29-14-4-9-25(31)32/h1-3,5-8,10-13,15,24,29H,4,9,14,16-17H2,(H,30,33)(H,31,32)(H,34,35)/t24-/m0/s1. The Morgan fingerprint density at radius 2 is 1.60 bits per heavy atom. The SMILES string of the molecule is O=C(O)CCCNCc1cccc(-c2ccc(C[C@H](NC(=O)c3ccccc3Cl)C(=O)O)cc2)c1. The number of hydrogen-bond acceptors (Lipinski definition) is 4. The topological polar surface area (TPSA) is 116 Å². The summed E-state index contributed by atoms with van der Waals surface area (Å²) in [6.45, 7) is 1.26. The van der Waals surface area contributed by atoms with E-state index >= 15 is 0 Å². The van der Waals surface area contributed by atoms with E-state index in [2.05, 4.69) is 16.7 Å². The van der Waals surface area contributed by atoms with Crippen molar-refractivity contribution in [3.8, 4) is 11.1 Å². The zero-order chi connectivity index (χ0) is 25.2. The zero-order valence-electron chi connectivity index (χ0n) is 19.0. The molecule has 7 nitrogen and oxygen atoms in total. The summed E-state index contributed by atoms with van der Waals surface area (Å²) in [7, 11) is 0. The van der Waals surface area contributed by atoms with Gasteiger partial charge in [0, 0.05) is 19.4 Å². The third-order valence-electron chi connectivity index (χ3n) is 5.45. The van der Waals surface area contributed by atoms with Crippen molar-refractivity contribution in [2.24, 2.45) is 0 Å². The van der Waals surface area contributed by atoms with Crippen LogP contribution in [0.1, 0.15) is 34.3 Å². The molecule has 0 unspecified atom stereocenters. The van der Waals surface area contributed by atoms with Crippen LogP contribution in [-0.4, -0.2) is 40.6 Å². The average Bonchev–Trinajstić information content (AvgIpc) is 2.84. The summed E-state index contributed by atoms with van der Waals surface area (Å²) in [5.41, 5.74) is 4.08. The summed E-state index contributed by atoms with van der Waals surface area (Å²) in [6, 6.07) is 20.9. The van der Waals surface area contributed by atoms with Crippen LogP contribution in [0.25, 0.3) is 11.1 Å². The summed E-state index contributed by atoms with van der Waals surface area (Å²) in [5.74, 6) is -2.46. The first-order chi connectivity index (χ1) is 16.8. The predicted molar refractivity (Wildman–Crippen MR) is 135 cm³/mol. The third kappa shape index (κ3) is 7.95. The van der Waals surface area contributed by atoms with Crippen LogP contribution in [0.4, 0.5) is 0 Å². The van der Waals surface area contributed by atoms with E-state index < -0.39 is 23.9 Å². The number of hydrogen-bond donors (Lipinski definition) is 4. The molecule has 3 aromatic carbocycles. The number of aliphatic carboxylic acids is 2. The molecule has 3 aromatic rings. The van der Waals surface area contributed by atoms with E-state index in [0.29, 0.717) is 19.5 Å². The van der Waals surface area contributed by atoms with Crippen molar-refractivity contribution >= 4 is 29.4 Å². The van der Waals surface area contributed by atoms with Gasteiger partial charge in [0.15, 0.2) is 0 Å². The van der Waals surface area contributed by atoms with Gasteiger partial charge in [0.2, 0.25) is 0 Å². The maximum atomic E-state index is 12.5. The van der Waals surface area contributed by atoms with Gasteiger partial charge in [0.1, 0.15) is 6.04 Å². The Hall–Kier alpha value is -3.68. The Labute approximate surface area is 208 Å². The molecule has 0 heterocycles. The summed E-state index contributed by atoms with van der Waals surface area (Å²) < 4.78 is 0. The van der Waals surface area contributed by atoms with Crippen LogP contribution < -0.4 is 10.6 Å². The molecule has 1 atom stereocenters. The largest absolute Gasteiger partial charge is 0.481 e. The molecule has 0 radical (unpaired) electrons. The highest BCUT2D eigenvalue weighted by Crippen LogP contribution is 2.22. The van der Waals surface area contributed by atoms with E-state index in [1.165, 1.54) is 0 Å². The van der Waals surface area contributed by atoms with Gasteiger partial charge < -0.3 is 20.8 Å². The number of carbonyl (C=O) groups is 3. The van der Waals surface area contributed by atoms with E-state index in [1.807, 2.05) is 42.5 Å². The number of carboxylic acids is 2. The van der Waals surface area contributed by atoms with Crippen LogP contribution in [0.2, 0.25) is 5.02 Å². The van der Waals surface area contributed by atoms with Crippen LogP contribution in [0.15, 0.2) is 72.8 Å². The average molecular weight is 495 g/mol. The first kappa shape index (κ1) is 25.9. The Morgan fingerprint density at radius 1 is 0.857 bits per heavy atom. The van der Waals surface area contributed by atoms with E-state index in [-0.39, 0.29) is 23.4 Å². The van der Waals surface area contributed by atoms with Gasteiger partial charge in [-0.3, -0.25) is 9.59 Å². The van der Waals surface area contributed by atoms with E-state index in [4.69, 9.17) is 16.7 Å². The molecular formula is C27H27ClN2O5. The molecule has 182 valence electrons. The summed E-state index contributed by atoms with van der Waals surface area (Å²) in [5, 5.41) is 24.4. The van der Waals surface area contributed by atoms with Crippen molar-refractivity contribution in [3.05, 3.63) is 94.5 Å². The Kier molecular flexibility index (Phi) is 9.40. The first-order valence-electron chi connectivity index (χ1n) is 11.2.